The Morgan fingerprint density at radius 3 is 2.57 bits per heavy atom. The summed E-state index contributed by atoms with van der Waals surface area (Å²) in [5.41, 5.74) is 1.31. The van der Waals surface area contributed by atoms with Crippen LogP contribution in [0.5, 0.6) is 0 Å². The first-order valence-corrected chi connectivity index (χ1v) is 10.4. The molecule has 0 saturated carbocycles. The summed E-state index contributed by atoms with van der Waals surface area (Å²) in [7, 11) is -1.86. The van der Waals surface area contributed by atoms with Crippen LogP contribution in [0, 0.1) is 0 Å². The van der Waals surface area contributed by atoms with Crippen molar-refractivity contribution in [1.29, 1.82) is 0 Å². The molecule has 28 heavy (non-hydrogen) atoms. The van der Waals surface area contributed by atoms with E-state index in [9.17, 15) is 13.2 Å². The van der Waals surface area contributed by atoms with E-state index in [1.165, 1.54) is 23.1 Å². The minimum absolute atomic E-state index is 0.0956. The molecule has 0 bridgehead atoms. The third-order valence-corrected chi connectivity index (χ3v) is 4.64. The van der Waals surface area contributed by atoms with Crippen molar-refractivity contribution in [1.82, 2.24) is 15.0 Å². The Bertz CT molecular complexity index is 1100. The maximum absolute atomic E-state index is 12.7. The number of nitrogens with zero attached hydrogens (tertiary/aromatic N) is 3. The summed E-state index contributed by atoms with van der Waals surface area (Å²) in [4.78, 5) is 18.3. The molecule has 0 spiro atoms. The Morgan fingerprint density at radius 2 is 1.93 bits per heavy atom. The van der Waals surface area contributed by atoms with Gasteiger partial charge in [-0.2, -0.15) is 4.98 Å². The molecule has 0 saturated heterocycles. The molecule has 3 aromatic rings. The molecule has 1 aromatic heterocycles. The molecule has 2 aromatic carbocycles. The van der Waals surface area contributed by atoms with E-state index in [1.807, 2.05) is 30.3 Å². The number of carbonyl (C=O) groups excluding carboxylic acids is 1. The Hall–Kier alpha value is -2.91. The highest BCUT2D eigenvalue weighted by atomic mass is 35.5. The molecular weight excluding hydrogens is 404 g/mol. The number of sulfonamides is 1. The summed E-state index contributed by atoms with van der Waals surface area (Å²) < 4.78 is 30.1. The lowest BCUT2D eigenvalue weighted by molar-refractivity contribution is 0.0770. The van der Waals surface area contributed by atoms with Crippen molar-refractivity contribution >= 4 is 33.2 Å². The summed E-state index contributed by atoms with van der Waals surface area (Å²) >= 11 is 6.15. The molecule has 0 unspecified atom stereocenters. The second-order valence-corrected chi connectivity index (χ2v) is 8.26. The molecule has 0 aliphatic heterocycles. The van der Waals surface area contributed by atoms with Gasteiger partial charge in [0.05, 0.1) is 23.4 Å². The number of hydrogen-bond acceptors (Lipinski definition) is 6. The zero-order valence-corrected chi connectivity index (χ0v) is 16.7. The van der Waals surface area contributed by atoms with Crippen LogP contribution in [0.15, 0.2) is 53.1 Å². The SMILES string of the molecule is CN(Cc1nc(-c2ccccc2)no1)C(=O)c1ccc(NS(C)(=O)=O)cc1Cl. The standard InChI is InChI=1S/C18H17ClN4O4S/c1-23(11-16-20-17(21-27-16)12-6-4-3-5-7-12)18(24)14-9-8-13(10-15(14)19)22-28(2,25)26/h3-10,22H,11H2,1-2H3. The fourth-order valence-corrected chi connectivity index (χ4v) is 3.29. The van der Waals surface area contributed by atoms with Gasteiger partial charge in [0.2, 0.25) is 21.7 Å². The molecule has 1 N–H and O–H groups in total. The first kappa shape index (κ1) is 19.8. The summed E-state index contributed by atoms with van der Waals surface area (Å²) in [6, 6.07) is 13.6. The van der Waals surface area contributed by atoms with Gasteiger partial charge < -0.3 is 9.42 Å². The number of nitrogens with one attached hydrogen (secondary N) is 1. The molecule has 0 aliphatic rings. The quantitative estimate of drug-likeness (QED) is 0.657. The average molecular weight is 421 g/mol. The Labute approximate surface area is 167 Å². The topological polar surface area (TPSA) is 105 Å². The first-order chi connectivity index (χ1) is 13.2. The average Bonchev–Trinajstić information content (AvgIpc) is 3.09. The second-order valence-electron chi connectivity index (χ2n) is 6.11. The van der Waals surface area contributed by atoms with E-state index in [1.54, 1.807) is 7.05 Å². The van der Waals surface area contributed by atoms with Crippen molar-refractivity contribution in [3.63, 3.8) is 0 Å². The molecule has 0 radical (unpaired) electrons. The van der Waals surface area contributed by atoms with Crippen molar-refractivity contribution in [3.8, 4) is 11.4 Å². The van der Waals surface area contributed by atoms with Gasteiger partial charge in [0, 0.05) is 18.3 Å². The van der Waals surface area contributed by atoms with E-state index in [0.717, 1.165) is 11.8 Å². The molecule has 1 amide bonds. The van der Waals surface area contributed by atoms with Gasteiger partial charge in [-0.1, -0.05) is 47.1 Å². The molecular formula is C18H17ClN4O4S. The zero-order valence-electron chi connectivity index (χ0n) is 15.1. The number of amides is 1. The van der Waals surface area contributed by atoms with E-state index in [4.69, 9.17) is 16.1 Å². The van der Waals surface area contributed by atoms with Crippen LogP contribution in [-0.4, -0.2) is 42.7 Å². The number of hydrogen-bond donors (Lipinski definition) is 1. The largest absolute Gasteiger partial charge is 0.337 e. The van der Waals surface area contributed by atoms with Gasteiger partial charge in [0.25, 0.3) is 5.91 Å². The highest BCUT2D eigenvalue weighted by molar-refractivity contribution is 7.92. The van der Waals surface area contributed by atoms with Crippen LogP contribution < -0.4 is 4.72 Å². The number of halogens is 1. The van der Waals surface area contributed by atoms with Crippen LogP contribution in [0.1, 0.15) is 16.2 Å². The van der Waals surface area contributed by atoms with Gasteiger partial charge in [0.1, 0.15) is 0 Å². The molecule has 0 aliphatic carbocycles. The van der Waals surface area contributed by atoms with Crippen LogP contribution in [0.2, 0.25) is 5.02 Å². The van der Waals surface area contributed by atoms with E-state index < -0.39 is 10.0 Å². The molecule has 1 heterocycles. The van der Waals surface area contributed by atoms with Crippen LogP contribution in [0.4, 0.5) is 5.69 Å². The minimum Gasteiger partial charge on any atom is -0.337 e. The van der Waals surface area contributed by atoms with Gasteiger partial charge >= 0.3 is 0 Å². The fraction of sp³-hybridized carbons (Fsp3) is 0.167. The van der Waals surface area contributed by atoms with Crippen molar-refractivity contribution in [2.24, 2.45) is 0 Å². The zero-order chi connectivity index (χ0) is 20.3. The Morgan fingerprint density at radius 1 is 1.21 bits per heavy atom. The Balaban J connectivity index is 1.72. The van der Waals surface area contributed by atoms with Gasteiger partial charge in [-0.3, -0.25) is 9.52 Å². The van der Waals surface area contributed by atoms with Crippen molar-refractivity contribution < 1.29 is 17.7 Å². The number of benzene rings is 2. The lowest BCUT2D eigenvalue weighted by Crippen LogP contribution is -2.26. The van der Waals surface area contributed by atoms with Gasteiger partial charge in [0.15, 0.2) is 0 Å². The normalized spacial score (nSPS) is 11.2. The highest BCUT2D eigenvalue weighted by Crippen LogP contribution is 2.23. The lowest BCUT2D eigenvalue weighted by atomic mass is 10.2. The number of aromatic nitrogens is 2. The summed E-state index contributed by atoms with van der Waals surface area (Å²) in [5, 5.41) is 4.05. The predicted octanol–water partition coefficient (Wildman–Crippen LogP) is 3.03. The number of anilines is 1. The minimum atomic E-state index is -3.44. The van der Waals surface area contributed by atoms with Crippen LogP contribution in [-0.2, 0) is 16.6 Å². The monoisotopic (exact) mass is 420 g/mol. The van der Waals surface area contributed by atoms with E-state index in [0.29, 0.717) is 5.82 Å². The smallest absolute Gasteiger partial charge is 0.255 e. The van der Waals surface area contributed by atoms with E-state index >= 15 is 0 Å². The summed E-state index contributed by atoms with van der Waals surface area (Å²) in [6.07, 6.45) is 1.03. The van der Waals surface area contributed by atoms with E-state index in [-0.39, 0.29) is 34.6 Å². The summed E-state index contributed by atoms with van der Waals surface area (Å²) in [6.45, 7) is 0.0956. The number of carbonyl (C=O) groups is 1. The molecule has 0 atom stereocenters. The highest BCUT2D eigenvalue weighted by Gasteiger charge is 2.19. The van der Waals surface area contributed by atoms with Gasteiger partial charge in [-0.15, -0.1) is 0 Å². The van der Waals surface area contributed by atoms with Gasteiger partial charge in [-0.05, 0) is 18.2 Å². The summed E-state index contributed by atoms with van der Waals surface area (Å²) in [5.74, 6) is 0.349. The maximum Gasteiger partial charge on any atom is 0.255 e. The third kappa shape index (κ3) is 4.87. The van der Waals surface area contributed by atoms with Crippen molar-refractivity contribution in [3.05, 3.63) is 65.0 Å². The Kier molecular flexibility index (Phi) is 5.66. The van der Waals surface area contributed by atoms with Crippen molar-refractivity contribution in [2.75, 3.05) is 18.0 Å². The third-order valence-electron chi connectivity index (χ3n) is 3.72. The second kappa shape index (κ2) is 7.99. The van der Waals surface area contributed by atoms with Crippen LogP contribution in [0.3, 0.4) is 0 Å². The first-order valence-electron chi connectivity index (χ1n) is 8.14. The van der Waals surface area contributed by atoms with E-state index in [2.05, 4.69) is 14.9 Å². The molecule has 3 rings (SSSR count). The number of rotatable bonds is 6. The maximum atomic E-state index is 12.7. The molecule has 10 heteroatoms. The molecule has 0 fully saturated rings. The lowest BCUT2D eigenvalue weighted by Gasteiger charge is -2.16. The fourth-order valence-electron chi connectivity index (χ4n) is 2.47. The molecule has 8 nitrogen and oxygen atoms in total. The van der Waals surface area contributed by atoms with Crippen molar-refractivity contribution in [2.45, 2.75) is 6.54 Å². The molecule has 146 valence electrons. The van der Waals surface area contributed by atoms with Crippen LogP contribution in [0.25, 0.3) is 11.4 Å². The van der Waals surface area contributed by atoms with Gasteiger partial charge in [-0.25, -0.2) is 8.42 Å². The predicted molar refractivity (Wildman–Crippen MR) is 105 cm³/mol. The van der Waals surface area contributed by atoms with Crippen LogP contribution >= 0.6 is 11.6 Å².